The first kappa shape index (κ1) is 11.7. The molecule has 1 N–H and O–H groups in total. The van der Waals surface area contributed by atoms with Crippen molar-refractivity contribution in [1.29, 1.82) is 0 Å². The van der Waals surface area contributed by atoms with E-state index in [1.54, 1.807) is 6.42 Å². The molecule has 2 aliphatic carbocycles. The van der Waals surface area contributed by atoms with Crippen LogP contribution >= 0.6 is 0 Å². The number of quaternary nitrogens is 1. The van der Waals surface area contributed by atoms with Crippen LogP contribution in [0.1, 0.15) is 57.8 Å². The van der Waals surface area contributed by atoms with E-state index >= 15 is 0 Å². The molecule has 4 aliphatic rings. The Labute approximate surface area is 112 Å². The zero-order valence-electron chi connectivity index (χ0n) is 11.9. The Hall–Kier alpha value is -0.0800. The first-order valence-electron chi connectivity index (χ1n) is 8.39. The average Bonchev–Trinajstić information content (AvgIpc) is 2.67. The van der Waals surface area contributed by atoms with E-state index in [9.17, 15) is 0 Å². The third-order valence-electron chi connectivity index (χ3n) is 6.73. The van der Waals surface area contributed by atoms with Gasteiger partial charge in [-0.1, -0.05) is 25.7 Å². The van der Waals surface area contributed by atoms with Crippen LogP contribution in [0.4, 0.5) is 0 Å². The topological polar surface area (TPSA) is 12.0 Å². The lowest BCUT2D eigenvalue weighted by molar-refractivity contribution is -0.973. The third kappa shape index (κ3) is 1.68. The van der Waals surface area contributed by atoms with Crippen LogP contribution in [0.3, 0.4) is 0 Å². The van der Waals surface area contributed by atoms with Gasteiger partial charge in [-0.2, -0.15) is 5.43 Å². The largest absolute Gasteiger partial charge is 0.245 e. The van der Waals surface area contributed by atoms with E-state index in [2.05, 4.69) is 12.5 Å². The minimum absolute atomic E-state index is 0.855. The Bertz CT molecular complexity index is 327. The molecule has 0 radical (unpaired) electrons. The maximum atomic E-state index is 4.04. The molecule has 0 aromatic rings. The van der Waals surface area contributed by atoms with Gasteiger partial charge in [0.05, 0.1) is 19.6 Å². The number of fused-ring (bicyclic) bond motifs is 4. The molecule has 2 saturated heterocycles. The van der Waals surface area contributed by atoms with Gasteiger partial charge in [0.1, 0.15) is 6.04 Å². The maximum absolute atomic E-state index is 4.04. The fourth-order valence-corrected chi connectivity index (χ4v) is 5.91. The second-order valence-corrected chi connectivity index (χ2v) is 7.74. The Morgan fingerprint density at radius 3 is 2.50 bits per heavy atom. The summed E-state index contributed by atoms with van der Waals surface area (Å²) in [5.74, 6) is 3.12. The number of rotatable bonds is 0. The Morgan fingerprint density at radius 2 is 1.61 bits per heavy atom. The smallest absolute Gasteiger partial charge is 0.111 e. The van der Waals surface area contributed by atoms with Gasteiger partial charge < -0.3 is 0 Å². The first-order valence-corrected chi connectivity index (χ1v) is 8.39. The van der Waals surface area contributed by atoms with Crippen molar-refractivity contribution in [3.63, 3.8) is 0 Å². The highest BCUT2D eigenvalue weighted by Crippen LogP contribution is 2.48. The van der Waals surface area contributed by atoms with Gasteiger partial charge in [0.15, 0.2) is 0 Å². The molecule has 6 unspecified atom stereocenters. The molecule has 2 heteroatoms. The van der Waals surface area contributed by atoms with Crippen molar-refractivity contribution in [2.24, 2.45) is 17.8 Å². The number of hydrogen-bond acceptors (Lipinski definition) is 1. The summed E-state index contributed by atoms with van der Waals surface area (Å²) >= 11 is 0. The van der Waals surface area contributed by atoms with E-state index in [0.717, 1.165) is 29.8 Å². The van der Waals surface area contributed by atoms with Gasteiger partial charge in [-0.3, -0.25) is 0 Å². The van der Waals surface area contributed by atoms with E-state index in [4.69, 9.17) is 0 Å². The minimum atomic E-state index is 0.855. The summed E-state index contributed by atoms with van der Waals surface area (Å²) in [5.41, 5.74) is 4.04. The molecule has 4 rings (SSSR count). The zero-order chi connectivity index (χ0) is 12.2. The lowest BCUT2D eigenvalue weighted by Crippen LogP contribution is -2.63. The van der Waals surface area contributed by atoms with E-state index in [1.165, 1.54) is 62.5 Å². The Morgan fingerprint density at radius 1 is 0.889 bits per heavy atom. The van der Waals surface area contributed by atoms with Crippen molar-refractivity contribution in [2.75, 3.05) is 13.6 Å². The maximum Gasteiger partial charge on any atom is 0.111 e. The van der Waals surface area contributed by atoms with Crippen LogP contribution in [-0.2, 0) is 0 Å². The average molecular weight is 249 g/mol. The highest BCUT2D eigenvalue weighted by Gasteiger charge is 2.56. The molecule has 18 heavy (non-hydrogen) atoms. The molecule has 0 aromatic carbocycles. The van der Waals surface area contributed by atoms with Crippen LogP contribution < -0.4 is 5.43 Å². The quantitative estimate of drug-likeness (QED) is 0.651. The SMILES string of the molecule is C[N+]12CC3CCCCC3CC1C1CCCCC1N2. The fraction of sp³-hybridized carbons (Fsp3) is 1.00. The second-order valence-electron chi connectivity index (χ2n) is 7.74. The summed E-state index contributed by atoms with van der Waals surface area (Å²) < 4.78 is 1.23. The lowest BCUT2D eigenvalue weighted by Gasteiger charge is -2.48. The standard InChI is InChI=1S/C16H29N2/c1-18-11-13-7-3-2-6-12(13)10-16(18)14-8-4-5-9-15(14)17-18/h12-17H,2-11H2,1H3/q+1. The van der Waals surface area contributed by atoms with Crippen molar-refractivity contribution >= 4 is 0 Å². The van der Waals surface area contributed by atoms with E-state index in [-0.39, 0.29) is 0 Å². The molecular weight excluding hydrogens is 220 g/mol. The predicted molar refractivity (Wildman–Crippen MR) is 73.8 cm³/mol. The van der Waals surface area contributed by atoms with Gasteiger partial charge in [-0.15, -0.1) is 0 Å². The molecular formula is C16H29N2+. The van der Waals surface area contributed by atoms with Crippen molar-refractivity contribution in [3.8, 4) is 0 Å². The molecule has 2 heterocycles. The fourth-order valence-electron chi connectivity index (χ4n) is 5.91. The van der Waals surface area contributed by atoms with E-state index < -0.39 is 0 Å². The predicted octanol–water partition coefficient (Wildman–Crippen LogP) is 3.09. The van der Waals surface area contributed by atoms with Gasteiger partial charge in [0.2, 0.25) is 0 Å². The molecule has 4 fully saturated rings. The number of hydrogen-bond donors (Lipinski definition) is 1. The van der Waals surface area contributed by atoms with Gasteiger partial charge in [-0.05, 0) is 31.6 Å². The second kappa shape index (κ2) is 4.21. The van der Waals surface area contributed by atoms with Crippen molar-refractivity contribution < 1.29 is 4.59 Å². The van der Waals surface area contributed by atoms with Gasteiger partial charge in [-0.25, -0.2) is 4.59 Å². The highest BCUT2D eigenvalue weighted by molar-refractivity contribution is 4.94. The van der Waals surface area contributed by atoms with Crippen LogP contribution in [0.5, 0.6) is 0 Å². The summed E-state index contributed by atoms with van der Waals surface area (Å²) in [7, 11) is 2.51. The monoisotopic (exact) mass is 249 g/mol. The van der Waals surface area contributed by atoms with Gasteiger partial charge >= 0.3 is 0 Å². The summed E-state index contributed by atoms with van der Waals surface area (Å²) in [6.45, 7) is 1.43. The molecule has 0 amide bonds. The molecule has 6 atom stereocenters. The summed E-state index contributed by atoms with van der Waals surface area (Å²) in [5, 5.41) is 0. The van der Waals surface area contributed by atoms with Crippen LogP contribution in [0.25, 0.3) is 0 Å². The zero-order valence-corrected chi connectivity index (χ0v) is 11.9. The van der Waals surface area contributed by atoms with Crippen molar-refractivity contribution in [2.45, 2.75) is 69.9 Å². The number of nitrogens with zero attached hydrogens (tertiary/aromatic N) is 1. The van der Waals surface area contributed by atoms with Crippen LogP contribution in [0.15, 0.2) is 0 Å². The minimum Gasteiger partial charge on any atom is -0.245 e. The third-order valence-corrected chi connectivity index (χ3v) is 6.73. The molecule has 0 aromatic heterocycles. The van der Waals surface area contributed by atoms with Crippen LogP contribution in [-0.4, -0.2) is 30.3 Å². The van der Waals surface area contributed by atoms with Gasteiger partial charge in [0.25, 0.3) is 0 Å². The Balaban J connectivity index is 1.59. The molecule has 2 aliphatic heterocycles. The normalized spacial score (nSPS) is 55.5. The molecule has 2 nitrogen and oxygen atoms in total. The summed E-state index contributed by atoms with van der Waals surface area (Å²) in [6, 6.07) is 1.81. The van der Waals surface area contributed by atoms with Crippen molar-refractivity contribution in [1.82, 2.24) is 5.43 Å². The van der Waals surface area contributed by atoms with Crippen LogP contribution in [0, 0.1) is 17.8 Å². The molecule has 0 bridgehead atoms. The lowest BCUT2D eigenvalue weighted by atomic mass is 9.69. The number of piperidine rings is 1. The first-order chi connectivity index (χ1) is 8.76. The summed E-state index contributed by atoms with van der Waals surface area (Å²) in [6.07, 6.45) is 13.5. The molecule has 102 valence electrons. The van der Waals surface area contributed by atoms with Crippen molar-refractivity contribution in [3.05, 3.63) is 0 Å². The highest BCUT2D eigenvalue weighted by atomic mass is 15.7. The summed E-state index contributed by atoms with van der Waals surface area (Å²) in [4.78, 5) is 0. The molecule has 0 spiro atoms. The van der Waals surface area contributed by atoms with E-state index in [0.29, 0.717) is 0 Å². The number of nitrogens with one attached hydrogen (secondary N) is 1. The van der Waals surface area contributed by atoms with E-state index in [1.807, 2.05) is 0 Å². The van der Waals surface area contributed by atoms with Gasteiger partial charge in [0, 0.05) is 18.3 Å². The Kier molecular flexibility index (Phi) is 2.74. The molecule has 2 saturated carbocycles. The van der Waals surface area contributed by atoms with Crippen LogP contribution in [0.2, 0.25) is 0 Å².